The molecular formula is C17H27NO2. The molecule has 20 heavy (non-hydrogen) atoms. The van der Waals surface area contributed by atoms with Crippen LogP contribution >= 0.6 is 0 Å². The van der Waals surface area contributed by atoms with Crippen LogP contribution in [0.5, 0.6) is 0 Å². The summed E-state index contributed by atoms with van der Waals surface area (Å²) in [5.41, 5.74) is -0.955. The molecular weight excluding hydrogens is 250 g/mol. The van der Waals surface area contributed by atoms with E-state index < -0.39 is 5.41 Å². The molecule has 0 heterocycles. The van der Waals surface area contributed by atoms with Crippen molar-refractivity contribution in [1.29, 1.82) is 0 Å². The van der Waals surface area contributed by atoms with E-state index in [0.717, 1.165) is 25.7 Å². The summed E-state index contributed by atoms with van der Waals surface area (Å²) in [6.07, 6.45) is 8.14. The van der Waals surface area contributed by atoms with Crippen LogP contribution in [0.15, 0.2) is 0 Å². The van der Waals surface area contributed by atoms with Crippen molar-refractivity contribution in [3.63, 3.8) is 0 Å². The number of ketones is 1. The van der Waals surface area contributed by atoms with Crippen molar-refractivity contribution in [2.75, 3.05) is 0 Å². The van der Waals surface area contributed by atoms with Gasteiger partial charge in [0.2, 0.25) is 5.91 Å². The van der Waals surface area contributed by atoms with Gasteiger partial charge in [0, 0.05) is 17.9 Å². The van der Waals surface area contributed by atoms with Gasteiger partial charge in [-0.2, -0.15) is 0 Å². The molecule has 2 bridgehead atoms. The lowest BCUT2D eigenvalue weighted by molar-refractivity contribution is -0.137. The van der Waals surface area contributed by atoms with E-state index in [1.54, 1.807) is 0 Å². The summed E-state index contributed by atoms with van der Waals surface area (Å²) in [5.74, 6) is 0.455. The molecule has 3 nitrogen and oxygen atoms in total. The lowest BCUT2D eigenvalue weighted by Gasteiger charge is -2.39. The number of amides is 1. The van der Waals surface area contributed by atoms with Gasteiger partial charge in [-0.25, -0.2) is 0 Å². The van der Waals surface area contributed by atoms with E-state index in [4.69, 9.17) is 0 Å². The van der Waals surface area contributed by atoms with Crippen LogP contribution in [0.3, 0.4) is 0 Å². The van der Waals surface area contributed by atoms with Crippen molar-refractivity contribution in [1.82, 2.24) is 5.32 Å². The highest BCUT2D eigenvalue weighted by Crippen LogP contribution is 2.70. The van der Waals surface area contributed by atoms with Crippen LogP contribution in [0, 0.1) is 16.2 Å². The van der Waals surface area contributed by atoms with Crippen LogP contribution in [-0.4, -0.2) is 17.7 Å². The van der Waals surface area contributed by atoms with Gasteiger partial charge in [0.15, 0.2) is 0 Å². The Morgan fingerprint density at radius 1 is 1.10 bits per heavy atom. The lowest BCUT2D eigenvalue weighted by Crippen LogP contribution is -2.50. The number of hydrogen-bond donors (Lipinski definition) is 1. The molecule has 112 valence electrons. The van der Waals surface area contributed by atoms with Crippen molar-refractivity contribution >= 4 is 11.7 Å². The van der Waals surface area contributed by atoms with Crippen molar-refractivity contribution in [2.45, 2.75) is 78.2 Å². The maximum Gasteiger partial charge on any atom is 0.227 e. The third kappa shape index (κ3) is 1.58. The van der Waals surface area contributed by atoms with Crippen LogP contribution in [0.2, 0.25) is 0 Å². The van der Waals surface area contributed by atoms with Crippen LogP contribution in [0.25, 0.3) is 0 Å². The van der Waals surface area contributed by atoms with Gasteiger partial charge < -0.3 is 5.32 Å². The predicted molar refractivity (Wildman–Crippen MR) is 78.2 cm³/mol. The molecule has 1 amide bonds. The molecule has 3 aliphatic rings. The summed E-state index contributed by atoms with van der Waals surface area (Å²) < 4.78 is 0. The van der Waals surface area contributed by atoms with E-state index in [1.807, 2.05) is 0 Å². The minimum Gasteiger partial charge on any atom is -0.353 e. The molecule has 0 saturated heterocycles. The number of carbonyl (C=O) groups excluding carboxylic acids is 2. The molecule has 0 spiro atoms. The Hall–Kier alpha value is -0.860. The number of Topliss-reactive ketones (excluding diaryl/α,β-unsaturated/α-hetero) is 1. The fourth-order valence-electron chi connectivity index (χ4n) is 4.93. The van der Waals surface area contributed by atoms with Gasteiger partial charge >= 0.3 is 0 Å². The fourth-order valence-corrected chi connectivity index (χ4v) is 4.93. The molecule has 3 saturated carbocycles. The van der Waals surface area contributed by atoms with E-state index in [1.165, 1.54) is 19.3 Å². The molecule has 1 N–H and O–H groups in total. The van der Waals surface area contributed by atoms with E-state index in [0.29, 0.717) is 18.2 Å². The second-order valence-corrected chi connectivity index (χ2v) is 7.95. The summed E-state index contributed by atoms with van der Waals surface area (Å²) in [6.45, 7) is 6.33. The Morgan fingerprint density at radius 3 is 2.25 bits per heavy atom. The topological polar surface area (TPSA) is 46.2 Å². The SMILES string of the molecule is CC1(C)[C@]2(C(=O)NC3CCCCC3)CC[C@]1(C)C(=O)C2. The first kappa shape index (κ1) is 14.1. The van der Waals surface area contributed by atoms with Gasteiger partial charge in [0.05, 0.1) is 5.41 Å². The molecule has 0 aliphatic heterocycles. The molecule has 0 aromatic heterocycles. The van der Waals surface area contributed by atoms with Crippen molar-refractivity contribution in [3.8, 4) is 0 Å². The second kappa shape index (κ2) is 4.32. The zero-order valence-electron chi connectivity index (χ0n) is 13.1. The van der Waals surface area contributed by atoms with Gasteiger partial charge in [0.1, 0.15) is 5.78 Å². The molecule has 3 aliphatic carbocycles. The first-order valence-electron chi connectivity index (χ1n) is 8.18. The highest BCUT2D eigenvalue weighted by atomic mass is 16.2. The molecule has 3 heteroatoms. The first-order chi connectivity index (χ1) is 9.33. The summed E-state index contributed by atoms with van der Waals surface area (Å²) in [4.78, 5) is 25.3. The standard InChI is InChI=1S/C17H27NO2/c1-15(2)16(3)9-10-17(15,11-13(16)19)14(20)18-12-7-5-4-6-8-12/h12H,4-11H2,1-3H3,(H,18,20)/t16-,17-/m1/s1. The molecule has 0 radical (unpaired) electrons. The Balaban J connectivity index is 1.82. The second-order valence-electron chi connectivity index (χ2n) is 7.95. The zero-order valence-corrected chi connectivity index (χ0v) is 13.1. The highest BCUT2D eigenvalue weighted by molar-refractivity contribution is 5.99. The number of rotatable bonds is 2. The van der Waals surface area contributed by atoms with Crippen LogP contribution in [0.4, 0.5) is 0 Å². The average molecular weight is 277 g/mol. The normalized spacial score (nSPS) is 40.0. The Labute approximate surface area is 121 Å². The van der Waals surface area contributed by atoms with Gasteiger partial charge in [-0.1, -0.05) is 40.0 Å². The predicted octanol–water partition coefficient (Wildman–Crippen LogP) is 3.22. The third-order valence-electron chi connectivity index (χ3n) is 7.08. The molecule has 0 aromatic carbocycles. The maximum absolute atomic E-state index is 12.9. The van der Waals surface area contributed by atoms with Crippen molar-refractivity contribution in [2.24, 2.45) is 16.2 Å². The molecule has 2 atom stereocenters. The van der Waals surface area contributed by atoms with Crippen molar-refractivity contribution in [3.05, 3.63) is 0 Å². The smallest absolute Gasteiger partial charge is 0.227 e. The molecule has 3 fully saturated rings. The summed E-state index contributed by atoms with van der Waals surface area (Å²) in [5, 5.41) is 3.28. The van der Waals surface area contributed by atoms with Crippen LogP contribution in [0.1, 0.15) is 72.1 Å². The summed E-state index contributed by atoms with van der Waals surface area (Å²) >= 11 is 0. The van der Waals surface area contributed by atoms with Crippen molar-refractivity contribution < 1.29 is 9.59 Å². The Bertz CT molecular complexity index is 450. The quantitative estimate of drug-likeness (QED) is 0.842. The third-order valence-corrected chi connectivity index (χ3v) is 7.08. The molecule has 0 unspecified atom stereocenters. The first-order valence-corrected chi connectivity index (χ1v) is 8.18. The summed E-state index contributed by atoms with van der Waals surface area (Å²) in [7, 11) is 0. The summed E-state index contributed by atoms with van der Waals surface area (Å²) in [6, 6.07) is 0.337. The number of carbonyl (C=O) groups is 2. The van der Waals surface area contributed by atoms with E-state index in [-0.39, 0.29) is 16.7 Å². The minimum absolute atomic E-state index is 0.156. The molecule has 0 aromatic rings. The molecule has 3 rings (SSSR count). The van der Waals surface area contributed by atoms with Crippen LogP contribution < -0.4 is 5.32 Å². The van der Waals surface area contributed by atoms with E-state index in [2.05, 4.69) is 26.1 Å². The number of hydrogen-bond acceptors (Lipinski definition) is 2. The largest absolute Gasteiger partial charge is 0.353 e. The Morgan fingerprint density at radius 2 is 1.75 bits per heavy atom. The average Bonchev–Trinajstić information content (AvgIpc) is 2.70. The fraction of sp³-hybridized carbons (Fsp3) is 0.882. The maximum atomic E-state index is 12.9. The highest BCUT2D eigenvalue weighted by Gasteiger charge is 2.72. The lowest BCUT2D eigenvalue weighted by atomic mass is 9.64. The van der Waals surface area contributed by atoms with Crippen LogP contribution in [-0.2, 0) is 9.59 Å². The van der Waals surface area contributed by atoms with Gasteiger partial charge in [-0.3, -0.25) is 9.59 Å². The van der Waals surface area contributed by atoms with Gasteiger partial charge in [0.25, 0.3) is 0 Å². The number of nitrogens with one attached hydrogen (secondary N) is 1. The van der Waals surface area contributed by atoms with Gasteiger partial charge in [-0.15, -0.1) is 0 Å². The number of fused-ring (bicyclic) bond motifs is 2. The zero-order chi connectivity index (χ0) is 14.6. The monoisotopic (exact) mass is 277 g/mol. The van der Waals surface area contributed by atoms with Gasteiger partial charge in [-0.05, 0) is 31.1 Å². The van der Waals surface area contributed by atoms with E-state index >= 15 is 0 Å². The minimum atomic E-state index is -0.448. The Kier molecular flexibility index (Phi) is 3.04. The van der Waals surface area contributed by atoms with E-state index in [9.17, 15) is 9.59 Å².